The molecule has 0 radical (unpaired) electrons. The summed E-state index contributed by atoms with van der Waals surface area (Å²) < 4.78 is 13.2. The van der Waals surface area contributed by atoms with Crippen LogP contribution in [-0.4, -0.2) is 37.8 Å². The van der Waals surface area contributed by atoms with Gasteiger partial charge >= 0.3 is 0 Å². The fourth-order valence-electron chi connectivity index (χ4n) is 2.17. The lowest BCUT2D eigenvalue weighted by molar-refractivity contribution is 0.147. The van der Waals surface area contributed by atoms with Crippen LogP contribution in [0.4, 0.5) is 4.39 Å². The van der Waals surface area contributed by atoms with Gasteiger partial charge in [0.2, 0.25) is 0 Å². The van der Waals surface area contributed by atoms with E-state index in [-0.39, 0.29) is 37.5 Å². The van der Waals surface area contributed by atoms with E-state index in [1.807, 2.05) is 12.1 Å². The van der Waals surface area contributed by atoms with Gasteiger partial charge in [0.05, 0.1) is 17.7 Å². The average Bonchev–Trinajstić information content (AvgIpc) is 2.42. The number of benzene rings is 1. The number of halogens is 3. The van der Waals surface area contributed by atoms with Crippen LogP contribution < -0.4 is 5.32 Å². The Morgan fingerprint density at radius 1 is 1.21 bits per heavy atom. The van der Waals surface area contributed by atoms with Crippen LogP contribution in [0.25, 0.3) is 0 Å². The van der Waals surface area contributed by atoms with Crippen LogP contribution in [-0.2, 0) is 0 Å². The van der Waals surface area contributed by atoms with Gasteiger partial charge in [-0.2, -0.15) is 5.26 Å². The van der Waals surface area contributed by atoms with Crippen molar-refractivity contribution in [3.8, 4) is 6.07 Å². The molecule has 6 heteroatoms. The average molecular weight is 306 g/mol. The third-order valence-corrected chi connectivity index (χ3v) is 3.16. The van der Waals surface area contributed by atoms with Gasteiger partial charge in [-0.15, -0.1) is 24.8 Å². The lowest BCUT2D eigenvalue weighted by Gasteiger charge is -2.33. The smallest absolute Gasteiger partial charge is 0.109 e. The molecule has 0 saturated carbocycles. The van der Waals surface area contributed by atoms with Crippen molar-refractivity contribution >= 4 is 24.8 Å². The summed E-state index contributed by atoms with van der Waals surface area (Å²) in [5.74, 6) is 0. The predicted molar refractivity (Wildman–Crippen MR) is 78.8 cm³/mol. The third-order valence-electron chi connectivity index (χ3n) is 3.16. The Morgan fingerprint density at radius 3 is 2.26 bits per heavy atom. The Kier molecular flexibility index (Phi) is 8.70. The molecule has 1 aliphatic rings. The first-order valence-electron chi connectivity index (χ1n) is 5.86. The van der Waals surface area contributed by atoms with E-state index in [4.69, 9.17) is 5.26 Å². The Bertz CT molecular complexity index is 399. The topological polar surface area (TPSA) is 39.1 Å². The summed E-state index contributed by atoms with van der Waals surface area (Å²) in [6, 6.07) is 9.10. The van der Waals surface area contributed by atoms with Gasteiger partial charge in [0.1, 0.15) is 6.67 Å². The summed E-state index contributed by atoms with van der Waals surface area (Å²) >= 11 is 0. The minimum absolute atomic E-state index is 0. The van der Waals surface area contributed by atoms with Crippen LogP contribution in [0.5, 0.6) is 0 Å². The number of nitrogens with zero attached hydrogens (tertiary/aromatic N) is 2. The van der Waals surface area contributed by atoms with Gasteiger partial charge in [0.15, 0.2) is 0 Å². The van der Waals surface area contributed by atoms with Crippen molar-refractivity contribution in [2.75, 3.05) is 32.9 Å². The molecule has 19 heavy (non-hydrogen) atoms. The zero-order valence-corrected chi connectivity index (χ0v) is 12.1. The lowest BCUT2D eigenvalue weighted by atomic mass is 10.0. The number of hydrogen-bond donors (Lipinski definition) is 1. The Balaban J connectivity index is 0.00000162. The molecule has 1 saturated heterocycles. The first-order chi connectivity index (χ1) is 8.35. The van der Waals surface area contributed by atoms with Crippen LogP contribution >= 0.6 is 24.8 Å². The maximum Gasteiger partial charge on any atom is 0.109 e. The molecule has 1 aliphatic heterocycles. The zero-order chi connectivity index (χ0) is 12.1. The molecular formula is C13H18Cl2FN3. The van der Waals surface area contributed by atoms with Gasteiger partial charge in [-0.05, 0) is 17.7 Å². The van der Waals surface area contributed by atoms with Crippen LogP contribution in [0.2, 0.25) is 0 Å². The molecule has 0 aliphatic carbocycles. The molecule has 0 amide bonds. The SMILES string of the molecule is Cl.Cl.N#Cc1ccc([C@H](CF)N2CCNCC2)cc1. The Labute approximate surface area is 125 Å². The normalized spacial score (nSPS) is 16.6. The highest BCUT2D eigenvalue weighted by Crippen LogP contribution is 2.22. The fourth-order valence-corrected chi connectivity index (χ4v) is 2.17. The predicted octanol–water partition coefficient (Wildman–Crippen LogP) is 2.32. The number of hydrogen-bond acceptors (Lipinski definition) is 3. The molecule has 1 aromatic carbocycles. The maximum atomic E-state index is 13.2. The van der Waals surface area contributed by atoms with Crippen molar-refractivity contribution in [2.45, 2.75) is 6.04 Å². The molecule has 1 fully saturated rings. The van der Waals surface area contributed by atoms with E-state index < -0.39 is 0 Å². The van der Waals surface area contributed by atoms with Crippen molar-refractivity contribution in [1.29, 1.82) is 5.26 Å². The van der Waals surface area contributed by atoms with Crippen molar-refractivity contribution in [3.05, 3.63) is 35.4 Å². The van der Waals surface area contributed by atoms with E-state index in [2.05, 4.69) is 16.3 Å². The van der Waals surface area contributed by atoms with Crippen LogP contribution in [0, 0.1) is 11.3 Å². The van der Waals surface area contributed by atoms with Gasteiger partial charge in [-0.1, -0.05) is 12.1 Å². The number of rotatable bonds is 3. The quantitative estimate of drug-likeness (QED) is 0.931. The summed E-state index contributed by atoms with van der Waals surface area (Å²) in [6.45, 7) is 3.18. The standard InChI is InChI=1S/C13H16FN3.2ClH/c14-9-13(17-7-5-16-6-8-17)12-3-1-11(10-15)2-4-12;;/h1-4,13,16H,5-9H2;2*1H/t13-;;/m0../s1. The van der Waals surface area contributed by atoms with Gasteiger partial charge < -0.3 is 5.32 Å². The molecule has 106 valence electrons. The molecule has 2 rings (SSSR count). The van der Waals surface area contributed by atoms with E-state index in [0.717, 1.165) is 31.7 Å². The van der Waals surface area contributed by atoms with E-state index >= 15 is 0 Å². The molecule has 1 heterocycles. The van der Waals surface area contributed by atoms with Crippen molar-refractivity contribution < 1.29 is 4.39 Å². The van der Waals surface area contributed by atoms with Gasteiger partial charge in [-0.3, -0.25) is 4.90 Å². The zero-order valence-electron chi connectivity index (χ0n) is 10.5. The second-order valence-electron chi connectivity index (χ2n) is 4.19. The lowest BCUT2D eigenvalue weighted by Crippen LogP contribution is -2.45. The molecule has 1 aromatic rings. The number of piperazine rings is 1. The van der Waals surface area contributed by atoms with Crippen molar-refractivity contribution in [2.24, 2.45) is 0 Å². The summed E-state index contributed by atoms with van der Waals surface area (Å²) in [5, 5.41) is 12.0. The largest absolute Gasteiger partial charge is 0.314 e. The van der Waals surface area contributed by atoms with Gasteiger partial charge in [0.25, 0.3) is 0 Å². The number of nitriles is 1. The highest BCUT2D eigenvalue weighted by molar-refractivity contribution is 5.85. The fraction of sp³-hybridized carbons (Fsp3) is 0.462. The molecule has 0 spiro atoms. The highest BCUT2D eigenvalue weighted by atomic mass is 35.5. The highest BCUT2D eigenvalue weighted by Gasteiger charge is 2.21. The van der Waals surface area contributed by atoms with Crippen LogP contribution in [0.15, 0.2) is 24.3 Å². The second kappa shape index (κ2) is 9.11. The minimum Gasteiger partial charge on any atom is -0.314 e. The number of alkyl halides is 1. The summed E-state index contributed by atoms with van der Waals surface area (Å²) in [5.41, 5.74) is 1.57. The molecule has 1 N–H and O–H groups in total. The summed E-state index contributed by atoms with van der Waals surface area (Å²) in [6.07, 6.45) is 0. The second-order valence-corrected chi connectivity index (χ2v) is 4.19. The maximum absolute atomic E-state index is 13.2. The molecule has 1 atom stereocenters. The Hall–Kier alpha value is -0.860. The van der Waals surface area contributed by atoms with Crippen LogP contribution in [0.3, 0.4) is 0 Å². The van der Waals surface area contributed by atoms with E-state index in [1.54, 1.807) is 12.1 Å². The molecule has 0 bridgehead atoms. The van der Waals surface area contributed by atoms with Crippen molar-refractivity contribution in [1.82, 2.24) is 10.2 Å². The van der Waals surface area contributed by atoms with E-state index in [9.17, 15) is 4.39 Å². The molecule has 0 unspecified atom stereocenters. The monoisotopic (exact) mass is 305 g/mol. The first-order valence-corrected chi connectivity index (χ1v) is 5.86. The summed E-state index contributed by atoms with van der Waals surface area (Å²) in [4.78, 5) is 2.15. The minimum atomic E-state index is -0.383. The third kappa shape index (κ3) is 4.63. The van der Waals surface area contributed by atoms with Gasteiger partial charge in [-0.25, -0.2) is 4.39 Å². The Morgan fingerprint density at radius 2 is 1.79 bits per heavy atom. The molecule has 3 nitrogen and oxygen atoms in total. The van der Waals surface area contributed by atoms with Crippen LogP contribution in [0.1, 0.15) is 17.2 Å². The first kappa shape index (κ1) is 18.1. The van der Waals surface area contributed by atoms with E-state index in [0.29, 0.717) is 5.56 Å². The van der Waals surface area contributed by atoms with Gasteiger partial charge in [0, 0.05) is 26.2 Å². The van der Waals surface area contributed by atoms with E-state index in [1.165, 1.54) is 0 Å². The molecule has 0 aromatic heterocycles. The summed E-state index contributed by atoms with van der Waals surface area (Å²) in [7, 11) is 0. The molecular weight excluding hydrogens is 288 g/mol. The van der Waals surface area contributed by atoms with Crippen molar-refractivity contribution in [3.63, 3.8) is 0 Å². The number of nitrogens with one attached hydrogen (secondary N) is 1.